The third kappa shape index (κ3) is 3.73. The molecule has 0 unspecified atom stereocenters. The van der Waals surface area contributed by atoms with Crippen LogP contribution in [0.4, 0.5) is 0 Å². The number of hydrogen-bond acceptors (Lipinski definition) is 2. The zero-order valence-electron chi connectivity index (χ0n) is 9.73. The van der Waals surface area contributed by atoms with Gasteiger partial charge < -0.3 is 10.1 Å². The Morgan fingerprint density at radius 3 is 2.53 bits per heavy atom. The largest absolute Gasteiger partial charge is 0.496 e. The van der Waals surface area contributed by atoms with Crippen molar-refractivity contribution in [3.05, 3.63) is 28.8 Å². The third-order valence-electron chi connectivity index (χ3n) is 2.09. The van der Waals surface area contributed by atoms with Crippen LogP contribution in [0.25, 0.3) is 0 Å². The van der Waals surface area contributed by atoms with E-state index in [2.05, 4.69) is 26.1 Å². The molecule has 0 atom stereocenters. The van der Waals surface area contributed by atoms with Gasteiger partial charge in [-0.25, -0.2) is 0 Å². The summed E-state index contributed by atoms with van der Waals surface area (Å²) in [5.41, 5.74) is 1.08. The van der Waals surface area contributed by atoms with Gasteiger partial charge in [-0.1, -0.05) is 17.7 Å². The van der Waals surface area contributed by atoms with E-state index in [1.807, 2.05) is 18.2 Å². The van der Waals surface area contributed by atoms with Crippen LogP contribution in [0.3, 0.4) is 0 Å². The second-order valence-electron chi connectivity index (χ2n) is 4.52. The molecular formula is C12H18ClNO. The van der Waals surface area contributed by atoms with Crippen LogP contribution in [0.2, 0.25) is 5.02 Å². The summed E-state index contributed by atoms with van der Waals surface area (Å²) in [6, 6.07) is 5.69. The minimum Gasteiger partial charge on any atom is -0.496 e. The highest BCUT2D eigenvalue weighted by Crippen LogP contribution is 2.26. The summed E-state index contributed by atoms with van der Waals surface area (Å²) in [4.78, 5) is 0. The molecule has 0 bridgehead atoms. The van der Waals surface area contributed by atoms with Crippen LogP contribution in [-0.4, -0.2) is 12.6 Å². The Labute approximate surface area is 96.6 Å². The van der Waals surface area contributed by atoms with Gasteiger partial charge in [-0.15, -0.1) is 0 Å². The second kappa shape index (κ2) is 4.86. The monoisotopic (exact) mass is 227 g/mol. The van der Waals surface area contributed by atoms with E-state index in [-0.39, 0.29) is 5.54 Å². The maximum atomic E-state index is 6.12. The number of methoxy groups -OCH3 is 1. The van der Waals surface area contributed by atoms with Crippen molar-refractivity contribution in [1.29, 1.82) is 0 Å². The van der Waals surface area contributed by atoms with Crippen LogP contribution in [0.1, 0.15) is 26.3 Å². The average Bonchev–Trinajstić information content (AvgIpc) is 2.14. The quantitative estimate of drug-likeness (QED) is 0.856. The van der Waals surface area contributed by atoms with Gasteiger partial charge in [-0.2, -0.15) is 0 Å². The Morgan fingerprint density at radius 1 is 1.33 bits per heavy atom. The van der Waals surface area contributed by atoms with Crippen molar-refractivity contribution in [2.24, 2.45) is 0 Å². The molecule has 1 aromatic carbocycles. The van der Waals surface area contributed by atoms with Crippen LogP contribution < -0.4 is 10.1 Å². The minimum absolute atomic E-state index is 0.0736. The first-order valence-corrected chi connectivity index (χ1v) is 5.38. The van der Waals surface area contributed by atoms with Crippen molar-refractivity contribution in [2.45, 2.75) is 32.9 Å². The molecule has 1 aromatic rings. The van der Waals surface area contributed by atoms with Crippen molar-refractivity contribution in [2.75, 3.05) is 7.11 Å². The molecule has 0 spiro atoms. The molecule has 0 aliphatic carbocycles. The summed E-state index contributed by atoms with van der Waals surface area (Å²) in [6.45, 7) is 7.08. The lowest BCUT2D eigenvalue weighted by molar-refractivity contribution is 0.392. The SMILES string of the molecule is COc1cccc(Cl)c1CNC(C)(C)C. The predicted molar refractivity (Wildman–Crippen MR) is 64.6 cm³/mol. The fourth-order valence-corrected chi connectivity index (χ4v) is 1.49. The highest BCUT2D eigenvalue weighted by molar-refractivity contribution is 6.31. The summed E-state index contributed by atoms with van der Waals surface area (Å²) < 4.78 is 5.27. The van der Waals surface area contributed by atoms with Crippen molar-refractivity contribution >= 4 is 11.6 Å². The number of ether oxygens (including phenoxy) is 1. The van der Waals surface area contributed by atoms with Crippen LogP contribution in [0, 0.1) is 0 Å². The molecule has 0 aromatic heterocycles. The van der Waals surface area contributed by atoms with Gasteiger partial charge in [0.15, 0.2) is 0 Å². The Hall–Kier alpha value is -0.730. The van der Waals surface area contributed by atoms with Crippen LogP contribution >= 0.6 is 11.6 Å². The summed E-state index contributed by atoms with van der Waals surface area (Å²) in [7, 11) is 1.66. The second-order valence-corrected chi connectivity index (χ2v) is 4.93. The fourth-order valence-electron chi connectivity index (χ4n) is 1.26. The Balaban J connectivity index is 2.83. The highest BCUT2D eigenvalue weighted by Gasteiger charge is 2.12. The van der Waals surface area contributed by atoms with E-state index in [4.69, 9.17) is 16.3 Å². The number of rotatable bonds is 3. The molecule has 2 nitrogen and oxygen atoms in total. The molecule has 0 amide bonds. The third-order valence-corrected chi connectivity index (χ3v) is 2.45. The van der Waals surface area contributed by atoms with Crippen molar-refractivity contribution < 1.29 is 4.74 Å². The Kier molecular flexibility index (Phi) is 4.00. The first-order valence-electron chi connectivity index (χ1n) is 5.00. The van der Waals surface area contributed by atoms with Gasteiger partial charge in [-0.05, 0) is 32.9 Å². The van der Waals surface area contributed by atoms with Gasteiger partial charge in [0.1, 0.15) is 5.75 Å². The molecule has 0 saturated heterocycles. The van der Waals surface area contributed by atoms with Crippen molar-refractivity contribution in [3.8, 4) is 5.75 Å². The van der Waals surface area contributed by atoms with Gasteiger partial charge >= 0.3 is 0 Å². The summed E-state index contributed by atoms with van der Waals surface area (Å²) in [5, 5.41) is 4.13. The average molecular weight is 228 g/mol. The van der Waals surface area contributed by atoms with E-state index in [1.165, 1.54) is 0 Å². The molecule has 0 radical (unpaired) electrons. The summed E-state index contributed by atoms with van der Waals surface area (Å²) >= 11 is 6.12. The first-order chi connectivity index (χ1) is 6.94. The smallest absolute Gasteiger partial charge is 0.124 e. The van der Waals surface area contributed by atoms with Gasteiger partial charge in [0.05, 0.1) is 7.11 Å². The summed E-state index contributed by atoms with van der Waals surface area (Å²) in [6.07, 6.45) is 0. The van der Waals surface area contributed by atoms with Crippen molar-refractivity contribution in [3.63, 3.8) is 0 Å². The number of benzene rings is 1. The highest BCUT2D eigenvalue weighted by atomic mass is 35.5. The number of nitrogens with one attached hydrogen (secondary N) is 1. The van der Waals surface area contributed by atoms with Gasteiger partial charge in [-0.3, -0.25) is 0 Å². The number of halogens is 1. The van der Waals surface area contributed by atoms with E-state index < -0.39 is 0 Å². The molecule has 0 saturated carbocycles. The number of hydrogen-bond donors (Lipinski definition) is 1. The van der Waals surface area contributed by atoms with Crippen LogP contribution in [0.5, 0.6) is 5.75 Å². The van der Waals surface area contributed by atoms with Crippen LogP contribution in [0.15, 0.2) is 18.2 Å². The van der Waals surface area contributed by atoms with E-state index in [0.717, 1.165) is 16.3 Å². The topological polar surface area (TPSA) is 21.3 Å². The zero-order valence-corrected chi connectivity index (χ0v) is 10.5. The minimum atomic E-state index is 0.0736. The lowest BCUT2D eigenvalue weighted by Gasteiger charge is -2.21. The maximum Gasteiger partial charge on any atom is 0.124 e. The van der Waals surface area contributed by atoms with Crippen LogP contribution in [-0.2, 0) is 6.54 Å². The lowest BCUT2D eigenvalue weighted by atomic mass is 10.1. The van der Waals surface area contributed by atoms with E-state index >= 15 is 0 Å². The normalized spacial score (nSPS) is 11.5. The van der Waals surface area contributed by atoms with Gasteiger partial charge in [0, 0.05) is 22.7 Å². The van der Waals surface area contributed by atoms with Gasteiger partial charge in [0.2, 0.25) is 0 Å². The predicted octanol–water partition coefficient (Wildman–Crippen LogP) is 3.24. The molecular weight excluding hydrogens is 210 g/mol. The maximum absolute atomic E-state index is 6.12. The Morgan fingerprint density at radius 2 is 2.00 bits per heavy atom. The molecule has 0 aliphatic rings. The lowest BCUT2D eigenvalue weighted by Crippen LogP contribution is -2.35. The zero-order chi connectivity index (χ0) is 11.5. The molecule has 0 aliphatic heterocycles. The standard InChI is InChI=1S/C12H18ClNO/c1-12(2,3)14-8-9-10(13)6-5-7-11(9)15-4/h5-7,14H,8H2,1-4H3. The first kappa shape index (κ1) is 12.3. The van der Waals surface area contributed by atoms with E-state index in [0.29, 0.717) is 6.54 Å². The molecule has 0 fully saturated rings. The molecule has 84 valence electrons. The van der Waals surface area contributed by atoms with E-state index in [1.54, 1.807) is 7.11 Å². The molecule has 0 heterocycles. The summed E-state index contributed by atoms with van der Waals surface area (Å²) in [5.74, 6) is 0.833. The van der Waals surface area contributed by atoms with E-state index in [9.17, 15) is 0 Å². The molecule has 15 heavy (non-hydrogen) atoms. The molecule has 1 rings (SSSR count). The van der Waals surface area contributed by atoms with Gasteiger partial charge in [0.25, 0.3) is 0 Å². The Bertz CT molecular complexity index is 331. The molecule has 1 N–H and O–H groups in total. The van der Waals surface area contributed by atoms with Crippen molar-refractivity contribution in [1.82, 2.24) is 5.32 Å². The fraction of sp³-hybridized carbons (Fsp3) is 0.500. The molecule has 3 heteroatoms.